The molecule has 0 spiro atoms. The van der Waals surface area contributed by atoms with Crippen molar-refractivity contribution in [2.75, 3.05) is 0 Å². The van der Waals surface area contributed by atoms with E-state index in [1.165, 1.54) is 61.2 Å². The zero-order valence-electron chi connectivity index (χ0n) is 28.2. The smallest absolute Gasteiger partial charge is 0.0283 e. The molecule has 44 heavy (non-hydrogen) atoms. The van der Waals surface area contributed by atoms with Crippen molar-refractivity contribution in [2.45, 2.75) is 106 Å². The number of hydrogen-bond acceptors (Lipinski definition) is 0. The molecule has 4 aromatic rings. The molecule has 1 aliphatic rings. The van der Waals surface area contributed by atoms with E-state index >= 15 is 0 Å². The molecule has 0 saturated carbocycles. The summed E-state index contributed by atoms with van der Waals surface area (Å²) in [6, 6.07) is 33.1. The summed E-state index contributed by atoms with van der Waals surface area (Å²) in [4.78, 5) is 0. The van der Waals surface area contributed by atoms with Gasteiger partial charge in [-0.3, -0.25) is 0 Å². The molecule has 0 heterocycles. The minimum atomic E-state index is -0.260. The SMILES string of the molecule is C.C=C(CC(Cc1ccc(CC)cc1)(c1ccc(C)cc1)c1cc(C)cc(CC(C)(C)C(C)C)c1)c1ccc2c(c1)C2(C)C. The number of fused-ring (bicyclic) bond motifs is 1. The summed E-state index contributed by atoms with van der Waals surface area (Å²) in [5.74, 6) is 0.603. The Kier molecular flexibility index (Phi) is 9.56. The van der Waals surface area contributed by atoms with E-state index in [9.17, 15) is 0 Å². The van der Waals surface area contributed by atoms with Crippen LogP contribution in [0.5, 0.6) is 0 Å². The van der Waals surface area contributed by atoms with Crippen LogP contribution in [0, 0.1) is 25.2 Å². The van der Waals surface area contributed by atoms with Crippen molar-refractivity contribution < 1.29 is 0 Å². The Hall–Kier alpha value is -3.38. The molecule has 0 N–H and O–H groups in total. The van der Waals surface area contributed by atoms with Gasteiger partial charge in [-0.15, -0.1) is 0 Å². The van der Waals surface area contributed by atoms with Crippen LogP contribution in [0.15, 0.2) is 91.5 Å². The van der Waals surface area contributed by atoms with Crippen LogP contribution >= 0.6 is 0 Å². The van der Waals surface area contributed by atoms with E-state index in [1.807, 2.05) is 0 Å². The molecule has 232 valence electrons. The molecule has 0 heteroatoms. The van der Waals surface area contributed by atoms with Crippen molar-refractivity contribution in [3.8, 4) is 0 Å². The first kappa shape index (κ1) is 33.5. The molecule has 0 bridgehead atoms. The van der Waals surface area contributed by atoms with Crippen molar-refractivity contribution in [3.63, 3.8) is 0 Å². The van der Waals surface area contributed by atoms with Crippen LogP contribution in [0.4, 0.5) is 0 Å². The number of benzene rings is 4. The lowest BCUT2D eigenvalue weighted by atomic mass is 9.65. The van der Waals surface area contributed by atoms with Gasteiger partial charge in [-0.2, -0.15) is 0 Å². The van der Waals surface area contributed by atoms with Gasteiger partial charge in [-0.25, -0.2) is 0 Å². The molecular weight excluding hydrogens is 528 g/mol. The summed E-state index contributed by atoms with van der Waals surface area (Å²) in [5, 5.41) is 0. The van der Waals surface area contributed by atoms with E-state index in [4.69, 9.17) is 6.58 Å². The number of aryl methyl sites for hydroxylation is 3. The lowest BCUT2D eigenvalue weighted by molar-refractivity contribution is 0.248. The second-order valence-electron chi connectivity index (χ2n) is 15.0. The van der Waals surface area contributed by atoms with Gasteiger partial charge in [-0.05, 0) is 101 Å². The zero-order chi connectivity index (χ0) is 31.2. The minimum absolute atomic E-state index is 0. The molecule has 0 aliphatic heterocycles. The molecule has 0 amide bonds. The van der Waals surface area contributed by atoms with Gasteiger partial charge in [0.25, 0.3) is 0 Å². The lowest BCUT2D eigenvalue weighted by Gasteiger charge is -2.38. The van der Waals surface area contributed by atoms with E-state index < -0.39 is 0 Å². The number of allylic oxidation sites excluding steroid dienone is 1. The maximum Gasteiger partial charge on any atom is 0.0283 e. The third-order valence-corrected chi connectivity index (χ3v) is 10.7. The minimum Gasteiger partial charge on any atom is -0.0952 e. The van der Waals surface area contributed by atoms with Crippen LogP contribution in [0.2, 0.25) is 0 Å². The third kappa shape index (κ3) is 6.66. The fourth-order valence-electron chi connectivity index (χ4n) is 6.87. The van der Waals surface area contributed by atoms with Gasteiger partial charge < -0.3 is 0 Å². The van der Waals surface area contributed by atoms with Crippen molar-refractivity contribution >= 4 is 5.57 Å². The molecule has 0 aromatic heterocycles. The lowest BCUT2D eigenvalue weighted by Crippen LogP contribution is -2.32. The van der Waals surface area contributed by atoms with Crippen LogP contribution in [-0.4, -0.2) is 0 Å². The van der Waals surface area contributed by atoms with Gasteiger partial charge in [0.05, 0.1) is 0 Å². The monoisotopic (exact) mass is 584 g/mol. The van der Waals surface area contributed by atoms with Gasteiger partial charge in [0, 0.05) is 10.8 Å². The average Bonchev–Trinajstić information content (AvgIpc) is 3.52. The van der Waals surface area contributed by atoms with Gasteiger partial charge in [0.2, 0.25) is 0 Å². The van der Waals surface area contributed by atoms with Crippen LogP contribution < -0.4 is 0 Å². The number of rotatable bonds is 11. The van der Waals surface area contributed by atoms with Crippen LogP contribution in [0.3, 0.4) is 0 Å². The first-order valence-electron chi connectivity index (χ1n) is 16.3. The summed E-state index contributed by atoms with van der Waals surface area (Å²) in [6.07, 6.45) is 3.91. The molecule has 5 rings (SSSR count). The van der Waals surface area contributed by atoms with Crippen molar-refractivity contribution in [1.82, 2.24) is 0 Å². The van der Waals surface area contributed by atoms with E-state index in [1.54, 1.807) is 0 Å². The Morgan fingerprint density at radius 1 is 0.705 bits per heavy atom. The Labute approximate surface area is 269 Å². The van der Waals surface area contributed by atoms with E-state index in [2.05, 4.69) is 147 Å². The van der Waals surface area contributed by atoms with Gasteiger partial charge in [0.1, 0.15) is 0 Å². The molecular formula is C44H56. The predicted octanol–water partition coefficient (Wildman–Crippen LogP) is 12.0. The first-order chi connectivity index (χ1) is 20.2. The highest BCUT2D eigenvalue weighted by atomic mass is 14.4. The first-order valence-corrected chi connectivity index (χ1v) is 16.3. The summed E-state index contributed by atoms with van der Waals surface area (Å²) in [6.45, 7) is 25.7. The Morgan fingerprint density at radius 3 is 1.93 bits per heavy atom. The average molecular weight is 585 g/mol. The fraction of sp³-hybridized carbons (Fsp3) is 0.409. The van der Waals surface area contributed by atoms with E-state index in [-0.39, 0.29) is 23.7 Å². The highest BCUT2D eigenvalue weighted by Gasteiger charge is 2.42. The fourth-order valence-corrected chi connectivity index (χ4v) is 6.87. The normalized spacial score (nSPS) is 14.9. The van der Waals surface area contributed by atoms with Gasteiger partial charge >= 0.3 is 0 Å². The van der Waals surface area contributed by atoms with Gasteiger partial charge in [0.15, 0.2) is 0 Å². The highest BCUT2D eigenvalue weighted by Crippen LogP contribution is 2.51. The molecule has 0 saturated heterocycles. The van der Waals surface area contributed by atoms with E-state index in [0.717, 1.165) is 25.7 Å². The summed E-state index contributed by atoms with van der Waals surface area (Å²) in [5.41, 5.74) is 15.2. The molecule has 1 atom stereocenters. The van der Waals surface area contributed by atoms with Crippen molar-refractivity contribution in [3.05, 3.63) is 147 Å². The van der Waals surface area contributed by atoms with Crippen LogP contribution in [0.25, 0.3) is 5.57 Å². The zero-order valence-corrected chi connectivity index (χ0v) is 28.2. The standard InChI is InChI=1S/C43H52.CH4/c1-11-33-14-16-34(17-15-33)28-43(37-19-12-30(4)13-20-37,26-32(6)36-18-21-39-40(25-36)42(39,9)10)38-23-31(5)22-35(24-38)27-41(7,8)29(2)3;/h12-25,29H,6,11,26-28H2,1-5,7-10H3;1H4. The molecule has 1 aliphatic carbocycles. The molecule has 1 unspecified atom stereocenters. The van der Waals surface area contributed by atoms with Gasteiger partial charge in [-0.1, -0.05) is 159 Å². The predicted molar refractivity (Wildman–Crippen MR) is 194 cm³/mol. The Morgan fingerprint density at radius 2 is 1.34 bits per heavy atom. The summed E-state index contributed by atoms with van der Waals surface area (Å²) >= 11 is 0. The van der Waals surface area contributed by atoms with Crippen molar-refractivity contribution in [2.24, 2.45) is 11.3 Å². The molecule has 0 fully saturated rings. The highest BCUT2D eigenvalue weighted by molar-refractivity contribution is 5.72. The molecule has 4 aromatic carbocycles. The summed E-state index contributed by atoms with van der Waals surface area (Å²) in [7, 11) is 0. The van der Waals surface area contributed by atoms with Crippen molar-refractivity contribution in [1.29, 1.82) is 0 Å². The van der Waals surface area contributed by atoms with Crippen LogP contribution in [0.1, 0.15) is 118 Å². The topological polar surface area (TPSA) is 0 Å². The quantitative estimate of drug-likeness (QED) is 0.164. The van der Waals surface area contributed by atoms with E-state index in [0.29, 0.717) is 5.92 Å². The Bertz CT molecular complexity index is 1610. The maximum absolute atomic E-state index is 4.79. The summed E-state index contributed by atoms with van der Waals surface area (Å²) < 4.78 is 0. The third-order valence-electron chi connectivity index (χ3n) is 10.7. The number of hydrogen-bond donors (Lipinski definition) is 0. The molecule has 0 nitrogen and oxygen atoms in total. The van der Waals surface area contributed by atoms with Crippen LogP contribution in [-0.2, 0) is 30.1 Å². The maximum atomic E-state index is 4.79. The Balaban J connectivity index is 0.00000442. The largest absolute Gasteiger partial charge is 0.0952 e. The second kappa shape index (κ2) is 12.5. The molecule has 0 radical (unpaired) electrons. The second-order valence-corrected chi connectivity index (χ2v) is 15.0.